The van der Waals surface area contributed by atoms with E-state index in [4.69, 9.17) is 0 Å². The number of hydrogen-bond acceptors (Lipinski definition) is 2. The van der Waals surface area contributed by atoms with Crippen molar-refractivity contribution in [2.75, 3.05) is 19.6 Å². The molecule has 0 heterocycles. The number of nitrogens with one attached hydrogen (secondary N) is 1. The summed E-state index contributed by atoms with van der Waals surface area (Å²) in [6.07, 6.45) is 2.49. The first kappa shape index (κ1) is 17.9. The van der Waals surface area contributed by atoms with Crippen LogP contribution < -0.4 is 5.32 Å². The van der Waals surface area contributed by atoms with E-state index in [1.165, 1.54) is 19.4 Å². The first-order valence-corrected chi connectivity index (χ1v) is 7.68. The third-order valence-corrected chi connectivity index (χ3v) is 4.17. The minimum absolute atomic E-state index is 0.213. The second-order valence-corrected chi connectivity index (χ2v) is 6.97. The maximum absolute atomic E-state index is 3.71. The van der Waals surface area contributed by atoms with Gasteiger partial charge in [-0.2, -0.15) is 0 Å². The lowest BCUT2D eigenvalue weighted by molar-refractivity contribution is 0.108. The summed E-state index contributed by atoms with van der Waals surface area (Å²) in [5.41, 5.74) is 0.623. The Kier molecular flexibility index (Phi) is 7.46. The Labute approximate surface area is 116 Å². The van der Waals surface area contributed by atoms with Crippen molar-refractivity contribution in [2.24, 2.45) is 5.41 Å². The first-order valence-electron chi connectivity index (χ1n) is 7.68. The molecule has 0 rings (SSSR count). The fourth-order valence-corrected chi connectivity index (χ4v) is 2.32. The van der Waals surface area contributed by atoms with Crippen LogP contribution in [-0.2, 0) is 0 Å². The number of nitrogens with zero attached hydrogens (tertiary/aromatic N) is 1. The SMILES string of the molecule is CCN(CC(CC)(CC)CNC(C)(C)C)C(C)C. The molecule has 0 saturated carbocycles. The van der Waals surface area contributed by atoms with Crippen LogP contribution in [0.1, 0.15) is 68.2 Å². The lowest BCUT2D eigenvalue weighted by atomic mass is 9.80. The molecule has 0 aliphatic heterocycles. The van der Waals surface area contributed by atoms with E-state index in [9.17, 15) is 0 Å². The zero-order valence-electron chi connectivity index (χ0n) is 14.1. The summed E-state index contributed by atoms with van der Waals surface area (Å²) in [6, 6.07) is 0.641. The third-order valence-electron chi connectivity index (χ3n) is 4.17. The van der Waals surface area contributed by atoms with Crippen LogP contribution in [0.25, 0.3) is 0 Å². The second kappa shape index (κ2) is 7.49. The predicted octanol–water partition coefficient (Wildman–Crippen LogP) is 3.91. The van der Waals surface area contributed by atoms with Gasteiger partial charge in [0.25, 0.3) is 0 Å². The minimum Gasteiger partial charge on any atom is -0.311 e. The molecule has 0 aliphatic rings. The molecule has 110 valence electrons. The Balaban J connectivity index is 4.69. The smallest absolute Gasteiger partial charge is 0.00967 e. The monoisotopic (exact) mass is 256 g/mol. The molecule has 0 fully saturated rings. The quantitative estimate of drug-likeness (QED) is 0.708. The van der Waals surface area contributed by atoms with Gasteiger partial charge in [0, 0.05) is 24.7 Å². The Morgan fingerprint density at radius 3 is 1.78 bits per heavy atom. The van der Waals surface area contributed by atoms with Crippen molar-refractivity contribution < 1.29 is 0 Å². The van der Waals surface area contributed by atoms with Crippen LogP contribution in [0.15, 0.2) is 0 Å². The lowest BCUT2D eigenvalue weighted by Crippen LogP contribution is -2.49. The van der Waals surface area contributed by atoms with E-state index in [1.54, 1.807) is 0 Å². The van der Waals surface area contributed by atoms with Crippen LogP contribution in [0.2, 0.25) is 0 Å². The van der Waals surface area contributed by atoms with Crippen LogP contribution in [0.5, 0.6) is 0 Å². The minimum atomic E-state index is 0.213. The Hall–Kier alpha value is -0.0800. The molecule has 1 N–H and O–H groups in total. The van der Waals surface area contributed by atoms with Gasteiger partial charge < -0.3 is 10.2 Å². The average Bonchev–Trinajstić information content (AvgIpc) is 2.29. The van der Waals surface area contributed by atoms with Crippen molar-refractivity contribution >= 4 is 0 Å². The second-order valence-electron chi connectivity index (χ2n) is 6.97. The molecule has 0 aromatic carbocycles. The summed E-state index contributed by atoms with van der Waals surface area (Å²) in [7, 11) is 0. The predicted molar refractivity (Wildman–Crippen MR) is 83.2 cm³/mol. The topological polar surface area (TPSA) is 15.3 Å². The Bertz CT molecular complexity index is 212. The molecule has 0 spiro atoms. The van der Waals surface area contributed by atoms with Crippen LogP contribution in [-0.4, -0.2) is 36.1 Å². The zero-order chi connectivity index (χ0) is 14.4. The molecule has 0 saturated heterocycles. The van der Waals surface area contributed by atoms with E-state index in [2.05, 4.69) is 65.6 Å². The fraction of sp³-hybridized carbons (Fsp3) is 1.00. The van der Waals surface area contributed by atoms with Crippen molar-refractivity contribution in [3.8, 4) is 0 Å². The van der Waals surface area contributed by atoms with Gasteiger partial charge in [0.1, 0.15) is 0 Å². The van der Waals surface area contributed by atoms with Crippen LogP contribution in [0.4, 0.5) is 0 Å². The molecule has 0 bridgehead atoms. The van der Waals surface area contributed by atoms with E-state index in [-0.39, 0.29) is 5.54 Å². The van der Waals surface area contributed by atoms with Crippen LogP contribution in [0, 0.1) is 5.41 Å². The van der Waals surface area contributed by atoms with Gasteiger partial charge in [0.15, 0.2) is 0 Å². The van der Waals surface area contributed by atoms with Crippen LogP contribution in [0.3, 0.4) is 0 Å². The van der Waals surface area contributed by atoms with Crippen molar-refractivity contribution in [3.05, 3.63) is 0 Å². The van der Waals surface area contributed by atoms with E-state index in [0.717, 1.165) is 13.1 Å². The molecule has 0 amide bonds. The van der Waals surface area contributed by atoms with Gasteiger partial charge in [-0.25, -0.2) is 0 Å². The maximum atomic E-state index is 3.71. The van der Waals surface area contributed by atoms with Gasteiger partial charge in [-0.05, 0) is 59.4 Å². The van der Waals surface area contributed by atoms with Crippen molar-refractivity contribution in [2.45, 2.75) is 79.8 Å². The molecule has 2 nitrogen and oxygen atoms in total. The van der Waals surface area contributed by atoms with E-state index in [0.29, 0.717) is 11.5 Å². The highest BCUT2D eigenvalue weighted by molar-refractivity contribution is 4.86. The Morgan fingerprint density at radius 1 is 1.00 bits per heavy atom. The van der Waals surface area contributed by atoms with Gasteiger partial charge in [0.05, 0.1) is 0 Å². The summed E-state index contributed by atoms with van der Waals surface area (Å²) in [4.78, 5) is 2.59. The largest absolute Gasteiger partial charge is 0.311 e. The molecule has 18 heavy (non-hydrogen) atoms. The van der Waals surface area contributed by atoms with Crippen LogP contribution >= 0.6 is 0 Å². The molecule has 0 aliphatic carbocycles. The maximum Gasteiger partial charge on any atom is 0.00967 e. The van der Waals surface area contributed by atoms with Crippen molar-refractivity contribution in [1.82, 2.24) is 10.2 Å². The Morgan fingerprint density at radius 2 is 1.50 bits per heavy atom. The molecule has 0 unspecified atom stereocenters. The molecule has 0 radical (unpaired) electrons. The van der Waals surface area contributed by atoms with Gasteiger partial charge >= 0.3 is 0 Å². The highest BCUT2D eigenvalue weighted by atomic mass is 15.2. The first-order chi connectivity index (χ1) is 8.19. The van der Waals surface area contributed by atoms with Gasteiger partial charge in [-0.1, -0.05) is 20.8 Å². The average molecular weight is 256 g/mol. The van der Waals surface area contributed by atoms with Gasteiger partial charge in [-0.15, -0.1) is 0 Å². The summed E-state index contributed by atoms with van der Waals surface area (Å²) in [5, 5.41) is 3.71. The summed E-state index contributed by atoms with van der Waals surface area (Å²) in [5.74, 6) is 0. The number of hydrogen-bond donors (Lipinski definition) is 1. The molecular formula is C16H36N2. The lowest BCUT2D eigenvalue weighted by Gasteiger charge is -2.40. The van der Waals surface area contributed by atoms with Gasteiger partial charge in [-0.3, -0.25) is 0 Å². The summed E-state index contributed by atoms with van der Waals surface area (Å²) >= 11 is 0. The highest BCUT2D eigenvalue weighted by Crippen LogP contribution is 2.28. The standard InChI is InChI=1S/C16H36N2/c1-9-16(10-2,12-17-15(6,7)8)13-18(11-3)14(4)5/h14,17H,9-13H2,1-8H3. The van der Waals surface area contributed by atoms with Crippen molar-refractivity contribution in [3.63, 3.8) is 0 Å². The zero-order valence-corrected chi connectivity index (χ0v) is 14.1. The normalized spacial score (nSPS) is 13.7. The molecule has 0 atom stereocenters. The van der Waals surface area contributed by atoms with E-state index in [1.807, 2.05) is 0 Å². The van der Waals surface area contributed by atoms with Gasteiger partial charge in [0.2, 0.25) is 0 Å². The van der Waals surface area contributed by atoms with E-state index < -0.39 is 0 Å². The third kappa shape index (κ3) is 6.19. The number of rotatable bonds is 8. The molecule has 0 aromatic rings. The summed E-state index contributed by atoms with van der Waals surface area (Å²) < 4.78 is 0. The highest BCUT2D eigenvalue weighted by Gasteiger charge is 2.30. The molecule has 0 aromatic heterocycles. The van der Waals surface area contributed by atoms with E-state index >= 15 is 0 Å². The summed E-state index contributed by atoms with van der Waals surface area (Å²) in [6.45, 7) is 21.8. The van der Waals surface area contributed by atoms with Crippen molar-refractivity contribution in [1.29, 1.82) is 0 Å². The fourth-order valence-electron chi connectivity index (χ4n) is 2.32. The molecule has 2 heteroatoms. The molecular weight excluding hydrogens is 220 g/mol.